The van der Waals surface area contributed by atoms with E-state index in [9.17, 15) is 4.79 Å². The van der Waals surface area contributed by atoms with Gasteiger partial charge in [0, 0.05) is 30.7 Å². The number of likely N-dealkylation sites (N-methyl/N-ethyl adjacent to an activating group) is 1. The lowest BCUT2D eigenvalue weighted by atomic mass is 10.1. The number of halogens is 2. The Labute approximate surface area is 123 Å². The number of methoxy groups -OCH3 is 1. The Morgan fingerprint density at radius 3 is 2.58 bits per heavy atom. The molecule has 2 atom stereocenters. The highest BCUT2D eigenvalue weighted by Crippen LogP contribution is 2.29. The van der Waals surface area contributed by atoms with Crippen LogP contribution < -0.4 is 5.73 Å². The van der Waals surface area contributed by atoms with Crippen LogP contribution in [0.4, 0.5) is 0 Å². The minimum atomic E-state index is -0.640. The molecule has 19 heavy (non-hydrogen) atoms. The van der Waals surface area contributed by atoms with Gasteiger partial charge in [-0.05, 0) is 24.6 Å². The summed E-state index contributed by atoms with van der Waals surface area (Å²) >= 11 is 12.0. The van der Waals surface area contributed by atoms with Crippen LogP contribution in [0.1, 0.15) is 18.5 Å². The van der Waals surface area contributed by atoms with E-state index in [0.29, 0.717) is 10.0 Å². The molecule has 1 aromatic carbocycles. The van der Waals surface area contributed by atoms with Crippen LogP contribution in [-0.4, -0.2) is 37.6 Å². The second-order valence-corrected chi connectivity index (χ2v) is 5.09. The van der Waals surface area contributed by atoms with Crippen molar-refractivity contribution in [2.75, 3.05) is 20.7 Å². The van der Waals surface area contributed by atoms with Crippen LogP contribution in [0.25, 0.3) is 0 Å². The largest absolute Gasteiger partial charge is 0.370 e. The SMILES string of the molecule is COC(CN)C(=O)N(C)C(C)c1ccc(Cl)cc1Cl. The fourth-order valence-corrected chi connectivity index (χ4v) is 2.33. The molecule has 0 fully saturated rings. The molecule has 0 heterocycles. The van der Waals surface area contributed by atoms with Gasteiger partial charge >= 0.3 is 0 Å². The first-order valence-electron chi connectivity index (χ1n) is 5.86. The summed E-state index contributed by atoms with van der Waals surface area (Å²) in [5.41, 5.74) is 6.32. The number of rotatable bonds is 5. The number of nitrogens with two attached hydrogens (primary N) is 1. The molecule has 2 unspecified atom stereocenters. The standard InChI is InChI=1S/C13H18Cl2N2O2/c1-8(10-5-4-9(14)6-11(10)15)17(2)13(18)12(7-16)19-3/h4-6,8,12H,7,16H2,1-3H3. The van der Waals surface area contributed by atoms with E-state index in [1.165, 1.54) is 7.11 Å². The van der Waals surface area contributed by atoms with Crippen LogP contribution >= 0.6 is 23.2 Å². The normalized spacial score (nSPS) is 14.0. The van der Waals surface area contributed by atoms with E-state index in [1.807, 2.05) is 13.0 Å². The van der Waals surface area contributed by atoms with Gasteiger partial charge in [-0.15, -0.1) is 0 Å². The van der Waals surface area contributed by atoms with Crippen LogP contribution in [0.3, 0.4) is 0 Å². The van der Waals surface area contributed by atoms with E-state index in [-0.39, 0.29) is 18.5 Å². The van der Waals surface area contributed by atoms with E-state index in [4.69, 9.17) is 33.7 Å². The van der Waals surface area contributed by atoms with Crippen molar-refractivity contribution in [2.24, 2.45) is 5.73 Å². The first-order chi connectivity index (χ1) is 8.92. The minimum Gasteiger partial charge on any atom is -0.370 e. The zero-order valence-electron chi connectivity index (χ0n) is 11.2. The molecule has 0 saturated carbocycles. The Balaban J connectivity index is 2.92. The highest BCUT2D eigenvalue weighted by Gasteiger charge is 2.25. The van der Waals surface area contributed by atoms with E-state index in [1.54, 1.807) is 24.1 Å². The lowest BCUT2D eigenvalue weighted by molar-refractivity contribution is -0.142. The molecule has 0 aromatic heterocycles. The molecule has 1 rings (SSSR count). The lowest BCUT2D eigenvalue weighted by Crippen LogP contribution is -2.42. The third-order valence-electron chi connectivity index (χ3n) is 3.12. The summed E-state index contributed by atoms with van der Waals surface area (Å²) in [5, 5.41) is 1.09. The molecular formula is C13H18Cl2N2O2. The number of carbonyl (C=O) groups is 1. The maximum Gasteiger partial charge on any atom is 0.253 e. The second kappa shape index (κ2) is 7.10. The number of carbonyl (C=O) groups excluding carboxylic acids is 1. The number of hydrogen-bond acceptors (Lipinski definition) is 3. The van der Waals surface area contributed by atoms with Crippen LogP contribution in [-0.2, 0) is 9.53 Å². The highest BCUT2D eigenvalue weighted by atomic mass is 35.5. The fraction of sp³-hybridized carbons (Fsp3) is 0.462. The highest BCUT2D eigenvalue weighted by molar-refractivity contribution is 6.35. The van der Waals surface area contributed by atoms with Gasteiger partial charge < -0.3 is 15.4 Å². The van der Waals surface area contributed by atoms with Gasteiger partial charge in [-0.1, -0.05) is 29.3 Å². The van der Waals surface area contributed by atoms with Crippen molar-refractivity contribution in [3.8, 4) is 0 Å². The topological polar surface area (TPSA) is 55.6 Å². The van der Waals surface area contributed by atoms with Gasteiger partial charge in [-0.25, -0.2) is 0 Å². The van der Waals surface area contributed by atoms with Gasteiger partial charge in [-0.3, -0.25) is 4.79 Å². The van der Waals surface area contributed by atoms with Crippen LogP contribution in [0, 0.1) is 0 Å². The quantitative estimate of drug-likeness (QED) is 0.909. The van der Waals surface area contributed by atoms with Gasteiger partial charge in [0.05, 0.1) is 6.04 Å². The Morgan fingerprint density at radius 1 is 1.47 bits per heavy atom. The first kappa shape index (κ1) is 16.2. The van der Waals surface area contributed by atoms with Crippen molar-refractivity contribution < 1.29 is 9.53 Å². The third-order valence-corrected chi connectivity index (χ3v) is 3.68. The van der Waals surface area contributed by atoms with Crippen molar-refractivity contribution >= 4 is 29.1 Å². The minimum absolute atomic E-state index is 0.140. The molecule has 0 saturated heterocycles. The summed E-state index contributed by atoms with van der Waals surface area (Å²) in [5.74, 6) is -0.177. The molecule has 106 valence electrons. The Kier molecular flexibility index (Phi) is 6.07. The predicted octanol–water partition coefficient (Wildman–Crippen LogP) is 2.49. The Morgan fingerprint density at radius 2 is 2.11 bits per heavy atom. The number of ether oxygens (including phenoxy) is 1. The van der Waals surface area contributed by atoms with Crippen molar-refractivity contribution in [3.05, 3.63) is 33.8 Å². The van der Waals surface area contributed by atoms with E-state index in [0.717, 1.165) is 5.56 Å². The molecule has 6 heteroatoms. The second-order valence-electron chi connectivity index (χ2n) is 4.25. The monoisotopic (exact) mass is 304 g/mol. The van der Waals surface area contributed by atoms with Gasteiger partial charge in [0.2, 0.25) is 0 Å². The van der Waals surface area contributed by atoms with Crippen LogP contribution in [0.5, 0.6) is 0 Å². The number of benzene rings is 1. The van der Waals surface area contributed by atoms with Crippen molar-refractivity contribution in [3.63, 3.8) is 0 Å². The first-order valence-corrected chi connectivity index (χ1v) is 6.62. The Bertz CT molecular complexity index is 450. The molecule has 1 aromatic rings. The number of amides is 1. The maximum atomic E-state index is 12.2. The number of hydrogen-bond donors (Lipinski definition) is 1. The molecule has 0 aliphatic carbocycles. The lowest BCUT2D eigenvalue weighted by Gasteiger charge is -2.28. The van der Waals surface area contributed by atoms with Crippen molar-refractivity contribution in [2.45, 2.75) is 19.1 Å². The summed E-state index contributed by atoms with van der Waals surface area (Å²) in [7, 11) is 3.16. The summed E-state index contributed by atoms with van der Waals surface area (Å²) in [6, 6.07) is 5.02. The van der Waals surface area contributed by atoms with Gasteiger partial charge in [0.25, 0.3) is 5.91 Å². The van der Waals surface area contributed by atoms with E-state index >= 15 is 0 Å². The van der Waals surface area contributed by atoms with E-state index < -0.39 is 6.10 Å². The molecule has 0 aliphatic rings. The molecule has 1 amide bonds. The maximum absolute atomic E-state index is 12.2. The average Bonchev–Trinajstić information content (AvgIpc) is 2.38. The van der Waals surface area contributed by atoms with Gasteiger partial charge in [0.15, 0.2) is 0 Å². The zero-order valence-corrected chi connectivity index (χ0v) is 12.7. The summed E-state index contributed by atoms with van der Waals surface area (Å²) in [4.78, 5) is 13.7. The van der Waals surface area contributed by atoms with E-state index in [2.05, 4.69) is 0 Å². The predicted molar refractivity (Wildman–Crippen MR) is 77.5 cm³/mol. The average molecular weight is 305 g/mol. The summed E-state index contributed by atoms with van der Waals surface area (Å²) < 4.78 is 5.05. The van der Waals surface area contributed by atoms with Crippen molar-refractivity contribution in [1.82, 2.24) is 4.90 Å². The molecular weight excluding hydrogens is 287 g/mol. The van der Waals surface area contributed by atoms with Gasteiger partial charge in [0.1, 0.15) is 6.10 Å². The molecule has 0 bridgehead atoms. The summed E-state index contributed by atoms with van der Waals surface area (Å²) in [6.07, 6.45) is -0.640. The van der Waals surface area contributed by atoms with Crippen LogP contribution in [0.2, 0.25) is 10.0 Å². The van der Waals surface area contributed by atoms with Gasteiger partial charge in [-0.2, -0.15) is 0 Å². The third kappa shape index (κ3) is 3.83. The fourth-order valence-electron chi connectivity index (χ4n) is 1.76. The smallest absolute Gasteiger partial charge is 0.253 e. The number of nitrogens with zero attached hydrogens (tertiary/aromatic N) is 1. The van der Waals surface area contributed by atoms with Crippen LogP contribution in [0.15, 0.2) is 18.2 Å². The zero-order chi connectivity index (χ0) is 14.6. The Hall–Kier alpha value is -0.810. The summed E-state index contributed by atoms with van der Waals surface area (Å²) in [6.45, 7) is 2.02. The molecule has 0 aliphatic heterocycles. The molecule has 4 nitrogen and oxygen atoms in total. The molecule has 2 N–H and O–H groups in total. The molecule has 0 spiro atoms. The van der Waals surface area contributed by atoms with Crippen molar-refractivity contribution in [1.29, 1.82) is 0 Å². The molecule has 0 radical (unpaired) electrons.